The fourth-order valence-electron chi connectivity index (χ4n) is 3.18. The van der Waals surface area contributed by atoms with Gasteiger partial charge in [-0.15, -0.1) is 0 Å². The first-order valence-corrected chi connectivity index (χ1v) is 9.24. The van der Waals surface area contributed by atoms with E-state index in [1.807, 2.05) is 42.5 Å². The highest BCUT2D eigenvalue weighted by Crippen LogP contribution is 2.36. The molecular formula is C23H15ClN2O3. The van der Waals surface area contributed by atoms with Crippen LogP contribution in [0.25, 0.3) is 11.8 Å². The SMILES string of the molecule is O=C1C(=Cc2ccc(Cl)cc2)C=C(c2ccccc2)N1c1cccc([N+](=O)[O-])c1. The van der Waals surface area contributed by atoms with E-state index in [2.05, 4.69) is 0 Å². The molecule has 1 aliphatic rings. The van der Waals surface area contributed by atoms with E-state index in [-0.39, 0.29) is 11.6 Å². The molecule has 4 rings (SSSR count). The highest BCUT2D eigenvalue weighted by molar-refractivity contribution is 6.30. The second kappa shape index (κ2) is 7.73. The number of carbonyl (C=O) groups is 1. The zero-order valence-corrected chi connectivity index (χ0v) is 15.9. The molecule has 0 aliphatic carbocycles. The highest BCUT2D eigenvalue weighted by atomic mass is 35.5. The maximum atomic E-state index is 13.3. The average Bonchev–Trinajstić information content (AvgIpc) is 3.06. The Labute approximate surface area is 172 Å². The highest BCUT2D eigenvalue weighted by Gasteiger charge is 2.31. The van der Waals surface area contributed by atoms with Crippen molar-refractivity contribution < 1.29 is 9.72 Å². The molecule has 0 fully saturated rings. The maximum Gasteiger partial charge on any atom is 0.271 e. The summed E-state index contributed by atoms with van der Waals surface area (Å²) in [6.07, 6.45) is 3.57. The molecule has 6 heteroatoms. The Morgan fingerprint density at radius 1 is 0.931 bits per heavy atom. The molecule has 5 nitrogen and oxygen atoms in total. The largest absolute Gasteiger partial charge is 0.276 e. The molecule has 0 atom stereocenters. The molecule has 0 bridgehead atoms. The molecule has 0 spiro atoms. The van der Waals surface area contributed by atoms with E-state index in [0.717, 1.165) is 11.1 Å². The maximum absolute atomic E-state index is 13.3. The number of nitro groups is 1. The molecule has 0 radical (unpaired) electrons. The third-order valence-electron chi connectivity index (χ3n) is 4.54. The van der Waals surface area contributed by atoms with Crippen LogP contribution in [0.4, 0.5) is 11.4 Å². The Bertz CT molecular complexity index is 1150. The van der Waals surface area contributed by atoms with Gasteiger partial charge in [0.05, 0.1) is 16.3 Å². The molecule has 3 aromatic rings. The van der Waals surface area contributed by atoms with Gasteiger partial charge in [-0.25, -0.2) is 0 Å². The first-order valence-electron chi connectivity index (χ1n) is 8.86. The van der Waals surface area contributed by atoms with Gasteiger partial charge in [-0.2, -0.15) is 0 Å². The van der Waals surface area contributed by atoms with Gasteiger partial charge in [0.15, 0.2) is 0 Å². The van der Waals surface area contributed by atoms with Crippen molar-refractivity contribution in [2.24, 2.45) is 0 Å². The number of amides is 1. The zero-order chi connectivity index (χ0) is 20.4. The normalized spacial score (nSPS) is 14.9. The smallest absolute Gasteiger partial charge is 0.271 e. The molecule has 0 aromatic heterocycles. The molecule has 0 saturated carbocycles. The van der Waals surface area contributed by atoms with Crippen molar-refractivity contribution in [3.63, 3.8) is 0 Å². The van der Waals surface area contributed by atoms with Crippen molar-refractivity contribution in [2.75, 3.05) is 4.90 Å². The minimum Gasteiger partial charge on any atom is -0.276 e. The van der Waals surface area contributed by atoms with Gasteiger partial charge >= 0.3 is 0 Å². The molecule has 1 heterocycles. The van der Waals surface area contributed by atoms with Crippen molar-refractivity contribution >= 4 is 40.7 Å². The number of halogens is 1. The predicted molar refractivity (Wildman–Crippen MR) is 114 cm³/mol. The van der Waals surface area contributed by atoms with E-state index in [0.29, 0.717) is 22.0 Å². The van der Waals surface area contributed by atoms with Crippen LogP contribution in [-0.4, -0.2) is 10.8 Å². The van der Waals surface area contributed by atoms with Gasteiger partial charge in [0, 0.05) is 22.7 Å². The summed E-state index contributed by atoms with van der Waals surface area (Å²) in [5.74, 6) is -0.251. The molecule has 0 unspecified atom stereocenters. The third-order valence-corrected chi connectivity index (χ3v) is 4.80. The van der Waals surface area contributed by atoms with Gasteiger partial charge in [0.2, 0.25) is 0 Å². The summed E-state index contributed by atoms with van der Waals surface area (Å²) in [5, 5.41) is 11.8. The number of carbonyl (C=O) groups excluding carboxylic acids is 1. The number of hydrogen-bond acceptors (Lipinski definition) is 3. The molecule has 1 aliphatic heterocycles. The molecular weight excluding hydrogens is 388 g/mol. The van der Waals surface area contributed by atoms with Crippen LogP contribution in [0.5, 0.6) is 0 Å². The molecule has 29 heavy (non-hydrogen) atoms. The molecule has 3 aromatic carbocycles. The van der Waals surface area contributed by atoms with Gasteiger partial charge < -0.3 is 0 Å². The summed E-state index contributed by atoms with van der Waals surface area (Å²) in [6, 6.07) is 22.7. The lowest BCUT2D eigenvalue weighted by molar-refractivity contribution is -0.384. The number of hydrogen-bond donors (Lipinski definition) is 0. The number of nitrogens with zero attached hydrogens (tertiary/aromatic N) is 2. The van der Waals surface area contributed by atoms with E-state index in [4.69, 9.17) is 11.6 Å². The first kappa shape index (κ1) is 18.7. The van der Waals surface area contributed by atoms with Gasteiger partial charge in [0.25, 0.3) is 11.6 Å². The molecule has 0 saturated heterocycles. The summed E-state index contributed by atoms with van der Waals surface area (Å²) in [6.45, 7) is 0. The van der Waals surface area contributed by atoms with Gasteiger partial charge in [-0.1, -0.05) is 60.1 Å². The second-order valence-electron chi connectivity index (χ2n) is 6.46. The van der Waals surface area contributed by atoms with E-state index in [9.17, 15) is 14.9 Å². The number of non-ortho nitro benzene ring substituents is 1. The van der Waals surface area contributed by atoms with Gasteiger partial charge in [-0.05, 0) is 41.5 Å². The topological polar surface area (TPSA) is 63.5 Å². The lowest BCUT2D eigenvalue weighted by Crippen LogP contribution is -2.25. The van der Waals surface area contributed by atoms with Crippen molar-refractivity contribution in [2.45, 2.75) is 0 Å². The molecule has 142 valence electrons. The van der Waals surface area contributed by atoms with Crippen LogP contribution in [0.3, 0.4) is 0 Å². The van der Waals surface area contributed by atoms with E-state index >= 15 is 0 Å². The van der Waals surface area contributed by atoms with E-state index in [1.54, 1.807) is 36.4 Å². The van der Waals surface area contributed by atoms with Crippen LogP contribution in [0.1, 0.15) is 11.1 Å². The van der Waals surface area contributed by atoms with Crippen LogP contribution < -0.4 is 4.90 Å². The standard InChI is InChI=1S/C23H15ClN2O3/c24-19-11-9-16(10-12-19)13-18-14-22(17-5-2-1-3-6-17)25(23(18)27)20-7-4-8-21(15-20)26(28)29/h1-15H. The fourth-order valence-corrected chi connectivity index (χ4v) is 3.30. The fraction of sp³-hybridized carbons (Fsp3) is 0. The van der Waals surface area contributed by atoms with Crippen molar-refractivity contribution in [3.8, 4) is 0 Å². The zero-order valence-electron chi connectivity index (χ0n) is 15.2. The summed E-state index contributed by atoms with van der Waals surface area (Å²) in [5.41, 5.74) is 3.19. The Kier molecular flexibility index (Phi) is 4.97. The Balaban J connectivity index is 1.82. The molecule has 1 amide bonds. The first-order chi connectivity index (χ1) is 14.0. The van der Waals surface area contributed by atoms with Crippen LogP contribution in [-0.2, 0) is 4.79 Å². The lowest BCUT2D eigenvalue weighted by Gasteiger charge is -2.20. The van der Waals surface area contributed by atoms with Gasteiger partial charge in [-0.3, -0.25) is 19.8 Å². The Morgan fingerprint density at radius 3 is 2.34 bits per heavy atom. The quantitative estimate of drug-likeness (QED) is 0.318. The second-order valence-corrected chi connectivity index (χ2v) is 6.90. The van der Waals surface area contributed by atoms with Crippen molar-refractivity contribution in [1.82, 2.24) is 0 Å². The van der Waals surface area contributed by atoms with Crippen LogP contribution >= 0.6 is 11.6 Å². The molecule has 0 N–H and O–H groups in total. The summed E-state index contributed by atoms with van der Waals surface area (Å²) >= 11 is 5.94. The number of benzene rings is 3. The monoisotopic (exact) mass is 402 g/mol. The van der Waals surface area contributed by atoms with E-state index in [1.165, 1.54) is 17.0 Å². The van der Waals surface area contributed by atoms with Crippen LogP contribution in [0.2, 0.25) is 5.02 Å². The predicted octanol–water partition coefficient (Wildman–Crippen LogP) is 5.72. The minimum absolute atomic E-state index is 0.0714. The number of nitro benzene ring substituents is 1. The van der Waals surface area contributed by atoms with Crippen molar-refractivity contribution in [3.05, 3.63) is 117 Å². The third kappa shape index (κ3) is 3.81. The van der Waals surface area contributed by atoms with E-state index < -0.39 is 4.92 Å². The number of rotatable bonds is 4. The Hall–Kier alpha value is -3.70. The average molecular weight is 403 g/mol. The number of anilines is 1. The minimum atomic E-state index is -0.472. The Morgan fingerprint density at radius 2 is 1.66 bits per heavy atom. The lowest BCUT2D eigenvalue weighted by atomic mass is 10.1. The van der Waals surface area contributed by atoms with Crippen molar-refractivity contribution in [1.29, 1.82) is 0 Å². The summed E-state index contributed by atoms with van der Waals surface area (Å²) in [7, 11) is 0. The van der Waals surface area contributed by atoms with Gasteiger partial charge in [0.1, 0.15) is 0 Å². The summed E-state index contributed by atoms with van der Waals surface area (Å²) < 4.78 is 0. The van der Waals surface area contributed by atoms with Crippen LogP contribution in [0, 0.1) is 10.1 Å². The summed E-state index contributed by atoms with van der Waals surface area (Å²) in [4.78, 5) is 25.5. The van der Waals surface area contributed by atoms with Crippen LogP contribution in [0.15, 0.2) is 90.5 Å².